The van der Waals surface area contributed by atoms with E-state index in [0.717, 1.165) is 11.1 Å². The van der Waals surface area contributed by atoms with Gasteiger partial charge in [0, 0.05) is 58.8 Å². The molecule has 2 fully saturated rings. The zero-order valence-corrected chi connectivity index (χ0v) is 25.4. The number of carbonyl (C=O) groups is 4. The first-order valence-electron chi connectivity index (χ1n) is 14.9. The monoisotopic (exact) mass is 591 g/mol. The van der Waals surface area contributed by atoms with Gasteiger partial charge in [-0.1, -0.05) is 18.2 Å². The van der Waals surface area contributed by atoms with Gasteiger partial charge in [-0.25, -0.2) is 4.79 Å². The van der Waals surface area contributed by atoms with Crippen molar-refractivity contribution in [3.8, 4) is 11.5 Å². The number of likely N-dealkylation sites (tertiary alicyclic amines) is 2. The molecule has 2 atom stereocenters. The molecule has 0 spiro atoms. The first-order chi connectivity index (χ1) is 20.6. The largest absolute Gasteiger partial charge is 0.457 e. The molecule has 11 nitrogen and oxygen atoms in total. The topological polar surface area (TPSA) is 112 Å². The van der Waals surface area contributed by atoms with E-state index in [9.17, 15) is 19.2 Å². The van der Waals surface area contributed by atoms with Crippen LogP contribution in [0.4, 0.5) is 4.79 Å². The highest BCUT2D eigenvalue weighted by Crippen LogP contribution is 2.29. The number of hydrogen-bond acceptors (Lipinski definition) is 6. The summed E-state index contributed by atoms with van der Waals surface area (Å²) in [5.41, 5.74) is 2.22. The van der Waals surface area contributed by atoms with E-state index in [0.29, 0.717) is 69.1 Å². The fraction of sp³-hybridized carbons (Fsp3) is 0.500. The third-order valence-electron chi connectivity index (χ3n) is 8.46. The molecule has 2 saturated heterocycles. The van der Waals surface area contributed by atoms with Crippen molar-refractivity contribution in [2.24, 2.45) is 5.92 Å². The number of likely N-dealkylation sites (N-methyl/N-ethyl adjacent to an activating group) is 1. The number of urea groups is 1. The Balaban J connectivity index is 1.32. The van der Waals surface area contributed by atoms with Crippen LogP contribution in [0.25, 0.3) is 0 Å². The third-order valence-corrected chi connectivity index (χ3v) is 8.46. The summed E-state index contributed by atoms with van der Waals surface area (Å²) in [5, 5.41) is 3.06. The summed E-state index contributed by atoms with van der Waals surface area (Å²) in [6.07, 6.45) is 1.46. The Labute approximate surface area is 252 Å². The Kier molecular flexibility index (Phi) is 9.19. The fourth-order valence-electron chi connectivity index (χ4n) is 5.96. The van der Waals surface area contributed by atoms with E-state index in [2.05, 4.69) is 5.32 Å². The van der Waals surface area contributed by atoms with Gasteiger partial charge in [0.2, 0.25) is 11.8 Å². The highest BCUT2D eigenvalue weighted by atomic mass is 16.5. The van der Waals surface area contributed by atoms with E-state index in [4.69, 9.17) is 9.47 Å². The molecule has 0 aromatic heterocycles. The smallest absolute Gasteiger partial charge is 0.319 e. The Bertz CT molecular complexity index is 1370. The predicted octanol–water partition coefficient (Wildman–Crippen LogP) is 2.87. The lowest BCUT2D eigenvalue weighted by molar-refractivity contribution is -0.142. The SMILES string of the molecule is Cc1ccc2cc1Oc1cccc(c1)CO[C@@H]1CCN(C(=O)C3CCN(C(=O)N(C)C)CC3)C[C@@H]1NC(=O)CN(C)C2=O. The van der Waals surface area contributed by atoms with Crippen molar-refractivity contribution >= 4 is 23.8 Å². The van der Waals surface area contributed by atoms with E-state index >= 15 is 0 Å². The van der Waals surface area contributed by atoms with Gasteiger partial charge in [0.15, 0.2) is 0 Å². The Morgan fingerprint density at radius 2 is 1.72 bits per heavy atom. The van der Waals surface area contributed by atoms with Crippen LogP contribution in [0.15, 0.2) is 42.5 Å². The van der Waals surface area contributed by atoms with E-state index < -0.39 is 6.04 Å². The molecule has 2 aromatic rings. The molecule has 11 heteroatoms. The van der Waals surface area contributed by atoms with Gasteiger partial charge in [0.25, 0.3) is 5.91 Å². The second-order valence-corrected chi connectivity index (χ2v) is 11.9. The van der Waals surface area contributed by atoms with Crippen LogP contribution < -0.4 is 10.1 Å². The Morgan fingerprint density at radius 1 is 0.977 bits per heavy atom. The maximum Gasteiger partial charge on any atom is 0.319 e. The number of nitrogens with one attached hydrogen (secondary N) is 1. The van der Waals surface area contributed by atoms with Crippen LogP contribution >= 0.6 is 0 Å². The predicted molar refractivity (Wildman–Crippen MR) is 160 cm³/mol. The van der Waals surface area contributed by atoms with E-state index in [1.54, 1.807) is 43.1 Å². The summed E-state index contributed by atoms with van der Waals surface area (Å²) in [6, 6.07) is 12.4. The average molecular weight is 592 g/mol. The molecule has 3 aliphatic heterocycles. The lowest BCUT2D eigenvalue weighted by Crippen LogP contribution is -2.59. The van der Waals surface area contributed by atoms with E-state index in [1.165, 1.54) is 4.90 Å². The highest BCUT2D eigenvalue weighted by Gasteiger charge is 2.37. The quantitative estimate of drug-likeness (QED) is 0.546. The van der Waals surface area contributed by atoms with Crippen LogP contribution in [0.2, 0.25) is 0 Å². The third kappa shape index (κ3) is 7.10. The summed E-state index contributed by atoms with van der Waals surface area (Å²) < 4.78 is 12.5. The number of piperidine rings is 2. The first kappa shape index (κ1) is 30.3. The summed E-state index contributed by atoms with van der Waals surface area (Å²) in [5.74, 6) is 0.462. The van der Waals surface area contributed by atoms with Gasteiger partial charge >= 0.3 is 6.03 Å². The molecule has 43 heavy (non-hydrogen) atoms. The fourth-order valence-corrected chi connectivity index (χ4v) is 5.96. The highest BCUT2D eigenvalue weighted by molar-refractivity contribution is 5.96. The van der Waals surface area contributed by atoms with Crippen molar-refractivity contribution < 1.29 is 28.7 Å². The van der Waals surface area contributed by atoms with Crippen molar-refractivity contribution in [1.29, 1.82) is 0 Å². The van der Waals surface area contributed by atoms with Crippen LogP contribution in [0.1, 0.15) is 40.7 Å². The van der Waals surface area contributed by atoms with E-state index in [1.807, 2.05) is 42.2 Å². The standard InChI is InChI=1S/C32H41N5O6/c1-21-8-9-24-17-28(21)43-25-7-5-6-22(16-25)20-42-27-12-15-37(18-26(27)33-29(38)19-35(4)30(24)39)31(40)23-10-13-36(14-11-23)32(41)34(2)3/h5-9,16-17,23,26-27H,10-15,18-20H2,1-4H3,(H,33,38)/t26-,27+/m0/s1. The van der Waals surface area contributed by atoms with Gasteiger partial charge in [-0.3, -0.25) is 14.4 Å². The number of amides is 5. The van der Waals surface area contributed by atoms with Crippen LogP contribution in [0.3, 0.4) is 0 Å². The molecule has 230 valence electrons. The molecule has 0 unspecified atom stereocenters. The van der Waals surface area contributed by atoms with Gasteiger partial charge in [-0.15, -0.1) is 0 Å². The van der Waals surface area contributed by atoms with Gasteiger partial charge < -0.3 is 34.4 Å². The Morgan fingerprint density at radius 3 is 2.47 bits per heavy atom. The Hall–Kier alpha value is -4.12. The molecule has 0 radical (unpaired) electrons. The molecule has 4 bridgehead atoms. The number of fused-ring (bicyclic) bond motifs is 5. The minimum atomic E-state index is -0.442. The maximum absolute atomic E-state index is 13.6. The molecule has 0 saturated carbocycles. The lowest BCUT2D eigenvalue weighted by atomic mass is 9.93. The van der Waals surface area contributed by atoms with Crippen molar-refractivity contribution in [3.63, 3.8) is 0 Å². The average Bonchev–Trinajstić information content (AvgIpc) is 3.00. The van der Waals surface area contributed by atoms with Gasteiger partial charge in [0.1, 0.15) is 11.5 Å². The summed E-state index contributed by atoms with van der Waals surface area (Å²) in [7, 11) is 5.05. The lowest BCUT2D eigenvalue weighted by Gasteiger charge is -2.41. The maximum atomic E-state index is 13.6. The van der Waals surface area contributed by atoms with Gasteiger partial charge in [-0.05, 0) is 61.6 Å². The summed E-state index contributed by atoms with van der Waals surface area (Å²) in [6.45, 7) is 4.00. The number of benzene rings is 2. The molecular formula is C32H41N5O6. The van der Waals surface area contributed by atoms with Crippen molar-refractivity contribution in [2.45, 2.75) is 44.9 Å². The molecule has 3 heterocycles. The molecular weight excluding hydrogens is 550 g/mol. The zero-order chi connectivity index (χ0) is 30.7. The van der Waals surface area contributed by atoms with Crippen LogP contribution in [0, 0.1) is 12.8 Å². The van der Waals surface area contributed by atoms with Crippen LogP contribution in [-0.2, 0) is 20.9 Å². The van der Waals surface area contributed by atoms with Crippen LogP contribution in [-0.4, -0.2) is 109 Å². The van der Waals surface area contributed by atoms with Crippen molar-refractivity contribution in [3.05, 3.63) is 59.2 Å². The number of nitrogens with zero attached hydrogens (tertiary/aromatic N) is 4. The molecule has 2 aromatic carbocycles. The molecule has 5 rings (SSSR count). The zero-order valence-electron chi connectivity index (χ0n) is 25.4. The molecule has 0 aliphatic carbocycles. The van der Waals surface area contributed by atoms with Gasteiger partial charge in [0.05, 0.1) is 25.3 Å². The number of carbonyl (C=O) groups excluding carboxylic acids is 4. The number of aryl methyl sites for hydroxylation is 1. The van der Waals surface area contributed by atoms with Crippen LogP contribution in [0.5, 0.6) is 11.5 Å². The minimum absolute atomic E-state index is 0.0407. The first-order valence-corrected chi connectivity index (χ1v) is 14.9. The number of ether oxygens (including phenoxy) is 2. The number of rotatable bonds is 1. The summed E-state index contributed by atoms with van der Waals surface area (Å²) in [4.78, 5) is 58.8. The molecule has 1 N–H and O–H groups in total. The number of hydrogen-bond donors (Lipinski definition) is 1. The van der Waals surface area contributed by atoms with Crippen molar-refractivity contribution in [1.82, 2.24) is 24.9 Å². The van der Waals surface area contributed by atoms with Gasteiger partial charge in [-0.2, -0.15) is 0 Å². The molecule has 5 amide bonds. The van der Waals surface area contributed by atoms with Crippen molar-refractivity contribution in [2.75, 3.05) is 53.9 Å². The molecule has 3 aliphatic rings. The summed E-state index contributed by atoms with van der Waals surface area (Å²) >= 11 is 0. The minimum Gasteiger partial charge on any atom is -0.457 e. The second kappa shape index (κ2) is 13.0. The van der Waals surface area contributed by atoms with E-state index in [-0.39, 0.29) is 42.3 Å². The second-order valence-electron chi connectivity index (χ2n) is 11.9. The normalized spacial score (nSPS) is 21.9.